The molecule has 0 spiro atoms. The van der Waals surface area contributed by atoms with Crippen LogP contribution in [0, 0.1) is 5.92 Å². The smallest absolute Gasteiger partial charge is 0.181 e. The highest BCUT2D eigenvalue weighted by Gasteiger charge is 2.40. The van der Waals surface area contributed by atoms with Gasteiger partial charge in [-0.15, -0.1) is 0 Å². The maximum absolute atomic E-state index is 13.6. The molecule has 2 aromatic rings. The fraction of sp³-hybridized carbons (Fsp3) is 0.556. The first-order valence-electron chi connectivity index (χ1n) is 12.8. The van der Waals surface area contributed by atoms with Crippen LogP contribution in [0.5, 0.6) is 0 Å². The van der Waals surface area contributed by atoms with Gasteiger partial charge in [-0.1, -0.05) is 25.0 Å². The molecule has 1 heterocycles. The standard InChI is InChI=1S/C27H34N2O5S/c30-17-22(31)16-29-12-11-21(28-29)15-26(32)24(13-18-3-1-2-4-18)20-7-10-27(25(14-20)19-5-6-19)35(33,34)23-8-9-23/h7,10-14,18-19,22-23,30-31H,1-6,8-9,15-17H2/b24-13+/t22-/m1/s1. The highest BCUT2D eigenvalue weighted by molar-refractivity contribution is 7.92. The number of aromatic nitrogens is 2. The molecule has 188 valence electrons. The van der Waals surface area contributed by atoms with E-state index in [1.165, 1.54) is 4.68 Å². The lowest BCUT2D eigenvalue weighted by atomic mass is 9.92. The van der Waals surface area contributed by atoms with Crippen LogP contribution in [-0.4, -0.2) is 52.2 Å². The van der Waals surface area contributed by atoms with Gasteiger partial charge in [0.2, 0.25) is 0 Å². The Morgan fingerprint density at radius 1 is 1.11 bits per heavy atom. The summed E-state index contributed by atoms with van der Waals surface area (Å²) in [5.41, 5.74) is 2.93. The van der Waals surface area contributed by atoms with Gasteiger partial charge in [0, 0.05) is 11.8 Å². The summed E-state index contributed by atoms with van der Waals surface area (Å²) in [6.07, 6.45) is 10.9. The molecule has 3 saturated carbocycles. The maximum Gasteiger partial charge on any atom is 0.181 e. The molecule has 3 aliphatic rings. The molecule has 0 saturated heterocycles. The zero-order chi connectivity index (χ0) is 24.6. The number of ketones is 1. The molecule has 3 aliphatic carbocycles. The van der Waals surface area contributed by atoms with Crippen LogP contribution in [0.1, 0.15) is 74.1 Å². The number of hydrogen-bond donors (Lipinski definition) is 2. The van der Waals surface area contributed by atoms with Crippen molar-refractivity contribution in [3.63, 3.8) is 0 Å². The highest BCUT2D eigenvalue weighted by Crippen LogP contribution is 2.46. The van der Waals surface area contributed by atoms with E-state index in [-0.39, 0.29) is 36.5 Å². The van der Waals surface area contributed by atoms with Crippen molar-refractivity contribution in [2.75, 3.05) is 6.61 Å². The van der Waals surface area contributed by atoms with Crippen LogP contribution in [0.2, 0.25) is 0 Å². The van der Waals surface area contributed by atoms with Gasteiger partial charge in [-0.25, -0.2) is 8.42 Å². The van der Waals surface area contributed by atoms with Gasteiger partial charge in [-0.2, -0.15) is 5.10 Å². The van der Waals surface area contributed by atoms with E-state index < -0.39 is 15.9 Å². The summed E-state index contributed by atoms with van der Waals surface area (Å²) in [6, 6.07) is 7.27. The Morgan fingerprint density at radius 2 is 1.86 bits per heavy atom. The van der Waals surface area contributed by atoms with Gasteiger partial charge in [0.25, 0.3) is 0 Å². The van der Waals surface area contributed by atoms with Gasteiger partial charge in [0.05, 0.1) is 41.5 Å². The van der Waals surface area contributed by atoms with E-state index in [1.54, 1.807) is 18.3 Å². The summed E-state index contributed by atoms with van der Waals surface area (Å²) >= 11 is 0. The average Bonchev–Trinajstić information content (AvgIpc) is 3.77. The molecule has 1 aromatic heterocycles. The van der Waals surface area contributed by atoms with Crippen molar-refractivity contribution >= 4 is 21.2 Å². The molecule has 35 heavy (non-hydrogen) atoms. The Kier molecular flexibility index (Phi) is 6.97. The third-order valence-corrected chi connectivity index (χ3v) is 9.69. The summed E-state index contributed by atoms with van der Waals surface area (Å²) in [7, 11) is -3.30. The summed E-state index contributed by atoms with van der Waals surface area (Å²) in [5, 5.41) is 22.9. The number of benzene rings is 1. The molecular weight excluding hydrogens is 464 g/mol. The fourth-order valence-corrected chi connectivity index (χ4v) is 7.02. The minimum Gasteiger partial charge on any atom is -0.394 e. The van der Waals surface area contributed by atoms with E-state index in [4.69, 9.17) is 5.11 Å². The molecule has 0 bridgehead atoms. The van der Waals surface area contributed by atoms with Crippen molar-refractivity contribution in [1.29, 1.82) is 0 Å². The van der Waals surface area contributed by atoms with E-state index in [0.29, 0.717) is 22.1 Å². The lowest BCUT2D eigenvalue weighted by molar-refractivity contribution is -0.113. The number of carbonyl (C=O) groups is 1. The summed E-state index contributed by atoms with van der Waals surface area (Å²) in [5.74, 6) is 0.574. The fourth-order valence-electron chi connectivity index (χ4n) is 5.09. The molecular formula is C27H34N2O5S. The second-order valence-corrected chi connectivity index (χ2v) is 12.6. The molecule has 0 aliphatic heterocycles. The molecule has 2 N–H and O–H groups in total. The van der Waals surface area contributed by atoms with Crippen molar-refractivity contribution in [3.8, 4) is 0 Å². The molecule has 0 amide bonds. The van der Waals surface area contributed by atoms with Crippen molar-refractivity contribution < 1.29 is 23.4 Å². The number of nitrogens with zero attached hydrogens (tertiary/aromatic N) is 2. The van der Waals surface area contributed by atoms with Crippen molar-refractivity contribution in [2.24, 2.45) is 5.92 Å². The monoisotopic (exact) mass is 498 g/mol. The Balaban J connectivity index is 1.44. The Hall–Kier alpha value is -2.29. The molecule has 0 unspecified atom stereocenters. The maximum atomic E-state index is 13.6. The first kappa shape index (κ1) is 24.4. The minimum absolute atomic E-state index is 0.0376. The third kappa shape index (κ3) is 5.60. The molecule has 1 atom stereocenters. The Morgan fingerprint density at radius 3 is 2.51 bits per heavy atom. The molecule has 3 fully saturated rings. The van der Waals surface area contributed by atoms with Gasteiger partial charge < -0.3 is 10.2 Å². The Bertz CT molecular complexity index is 1220. The zero-order valence-corrected chi connectivity index (χ0v) is 20.8. The summed E-state index contributed by atoms with van der Waals surface area (Å²) < 4.78 is 27.6. The molecule has 5 rings (SSSR count). The van der Waals surface area contributed by atoms with Gasteiger partial charge in [-0.05, 0) is 79.7 Å². The van der Waals surface area contributed by atoms with Crippen molar-refractivity contribution in [3.05, 3.63) is 53.4 Å². The van der Waals surface area contributed by atoms with E-state index >= 15 is 0 Å². The minimum atomic E-state index is -3.30. The highest BCUT2D eigenvalue weighted by atomic mass is 32.2. The van der Waals surface area contributed by atoms with Crippen LogP contribution in [0.3, 0.4) is 0 Å². The number of rotatable bonds is 11. The topological polar surface area (TPSA) is 109 Å². The largest absolute Gasteiger partial charge is 0.394 e. The third-order valence-electron chi connectivity index (χ3n) is 7.36. The number of Topliss-reactive ketones (excluding diaryl/α,β-unsaturated/α-hetero) is 1. The number of aliphatic hydroxyl groups excluding tert-OH is 2. The summed E-state index contributed by atoms with van der Waals surface area (Å²) in [4.78, 5) is 14.0. The van der Waals surface area contributed by atoms with Gasteiger partial charge >= 0.3 is 0 Å². The SMILES string of the molecule is O=C(Cc1ccn(C[C@@H](O)CO)n1)/C(=C/C1CCCC1)c1ccc(S(=O)(=O)C2CC2)c(C2CC2)c1. The number of aliphatic hydroxyl groups is 2. The second kappa shape index (κ2) is 9.99. The number of carbonyl (C=O) groups excluding carboxylic acids is 1. The van der Waals surface area contributed by atoms with Crippen LogP contribution >= 0.6 is 0 Å². The van der Waals surface area contributed by atoms with E-state index in [0.717, 1.165) is 62.5 Å². The normalized spacial score (nSPS) is 20.3. The van der Waals surface area contributed by atoms with Gasteiger partial charge in [0.1, 0.15) is 0 Å². The van der Waals surface area contributed by atoms with Crippen molar-refractivity contribution in [2.45, 2.75) is 86.5 Å². The predicted octanol–water partition coefficient (Wildman–Crippen LogP) is 3.44. The average molecular weight is 499 g/mol. The number of allylic oxidation sites excluding steroid dienone is 2. The first-order valence-corrected chi connectivity index (χ1v) is 14.3. The van der Waals surface area contributed by atoms with Gasteiger partial charge in [-0.3, -0.25) is 9.48 Å². The van der Waals surface area contributed by atoms with Crippen LogP contribution in [0.25, 0.3) is 5.57 Å². The van der Waals surface area contributed by atoms with Crippen LogP contribution in [0.15, 0.2) is 41.4 Å². The molecule has 0 radical (unpaired) electrons. The lowest BCUT2D eigenvalue weighted by Crippen LogP contribution is -2.20. The lowest BCUT2D eigenvalue weighted by Gasteiger charge is -2.15. The predicted molar refractivity (Wildman–Crippen MR) is 133 cm³/mol. The van der Waals surface area contributed by atoms with Gasteiger partial charge in [0.15, 0.2) is 15.6 Å². The molecule has 1 aromatic carbocycles. The number of hydrogen-bond acceptors (Lipinski definition) is 6. The van der Waals surface area contributed by atoms with E-state index in [2.05, 4.69) is 11.2 Å². The van der Waals surface area contributed by atoms with E-state index in [9.17, 15) is 18.3 Å². The van der Waals surface area contributed by atoms with Crippen LogP contribution in [-0.2, 0) is 27.6 Å². The quantitative estimate of drug-likeness (QED) is 0.460. The van der Waals surface area contributed by atoms with Crippen molar-refractivity contribution in [1.82, 2.24) is 9.78 Å². The van der Waals surface area contributed by atoms with Crippen LogP contribution < -0.4 is 0 Å². The first-order chi connectivity index (χ1) is 16.8. The zero-order valence-electron chi connectivity index (χ0n) is 20.0. The number of sulfone groups is 1. The van der Waals surface area contributed by atoms with E-state index in [1.807, 2.05) is 12.1 Å². The molecule has 8 heteroatoms. The second-order valence-electron chi connectivity index (χ2n) is 10.4. The van der Waals surface area contributed by atoms with Crippen LogP contribution in [0.4, 0.5) is 0 Å². The summed E-state index contributed by atoms with van der Waals surface area (Å²) in [6.45, 7) is -0.185. The Labute approximate surface area is 206 Å². The molecule has 7 nitrogen and oxygen atoms in total.